The van der Waals surface area contributed by atoms with Gasteiger partial charge in [-0.05, 0) is 66.1 Å². The van der Waals surface area contributed by atoms with E-state index >= 15 is 0 Å². The van der Waals surface area contributed by atoms with Gasteiger partial charge >= 0.3 is 0 Å². The molecule has 0 aliphatic carbocycles. The average molecular weight is 504 g/mol. The summed E-state index contributed by atoms with van der Waals surface area (Å²) in [6.07, 6.45) is 0.455. The summed E-state index contributed by atoms with van der Waals surface area (Å²) < 4.78 is 21.3. The van der Waals surface area contributed by atoms with Crippen molar-refractivity contribution in [1.29, 1.82) is 0 Å². The Hall–Kier alpha value is -4.46. The van der Waals surface area contributed by atoms with Crippen LogP contribution in [0.5, 0.6) is 23.0 Å². The molecule has 8 heteroatoms. The molecule has 0 radical (unpaired) electrons. The van der Waals surface area contributed by atoms with Crippen LogP contribution in [-0.4, -0.2) is 56.7 Å². The van der Waals surface area contributed by atoms with Crippen LogP contribution in [0.2, 0.25) is 0 Å². The molecule has 1 heterocycles. The second-order valence-corrected chi connectivity index (χ2v) is 8.44. The fraction of sp³-hybridized carbons (Fsp3) is 0.241. The lowest BCUT2D eigenvalue weighted by Crippen LogP contribution is -2.31. The second kappa shape index (κ2) is 11.1. The summed E-state index contributed by atoms with van der Waals surface area (Å²) in [7, 11) is 6.21. The Balaban J connectivity index is 1.75. The van der Waals surface area contributed by atoms with E-state index in [2.05, 4.69) is 0 Å². The van der Waals surface area contributed by atoms with Crippen molar-refractivity contribution in [2.24, 2.45) is 0 Å². The van der Waals surface area contributed by atoms with Gasteiger partial charge in [-0.15, -0.1) is 0 Å². The Kier molecular flexibility index (Phi) is 7.67. The van der Waals surface area contributed by atoms with Crippen molar-refractivity contribution in [1.82, 2.24) is 4.90 Å². The molecule has 1 saturated heterocycles. The molecule has 0 aromatic heterocycles. The van der Waals surface area contributed by atoms with Crippen LogP contribution in [0.25, 0.3) is 5.76 Å². The predicted octanol–water partition coefficient (Wildman–Crippen LogP) is 4.39. The van der Waals surface area contributed by atoms with Gasteiger partial charge in [-0.25, -0.2) is 0 Å². The Morgan fingerprint density at radius 3 is 2.16 bits per heavy atom. The molecule has 37 heavy (non-hydrogen) atoms. The number of hydrogen-bond donors (Lipinski definition) is 1. The molecule has 0 bridgehead atoms. The third-order valence-electron chi connectivity index (χ3n) is 6.40. The minimum atomic E-state index is -0.794. The zero-order chi connectivity index (χ0) is 26.5. The highest BCUT2D eigenvalue weighted by Crippen LogP contribution is 2.40. The number of likely N-dealkylation sites (tertiary alicyclic amines) is 1. The normalized spacial score (nSPS) is 16.5. The zero-order valence-electron chi connectivity index (χ0n) is 21.2. The van der Waals surface area contributed by atoms with Gasteiger partial charge in [0.2, 0.25) is 0 Å². The van der Waals surface area contributed by atoms with Gasteiger partial charge in [-0.3, -0.25) is 9.59 Å². The number of benzene rings is 3. The number of Topliss-reactive ketones (excluding diaryl/α,β-unsaturated/α-hetero) is 1. The number of carbonyl (C=O) groups is 2. The van der Waals surface area contributed by atoms with Gasteiger partial charge in [0.15, 0.2) is 11.5 Å². The van der Waals surface area contributed by atoms with Crippen LogP contribution in [-0.2, 0) is 16.0 Å². The van der Waals surface area contributed by atoms with Crippen molar-refractivity contribution in [3.8, 4) is 23.0 Å². The molecular formula is C29H29NO7. The molecule has 4 rings (SSSR count). The number of carbonyl (C=O) groups excluding carboxylic acids is 2. The first kappa shape index (κ1) is 25.6. The number of ketones is 1. The molecular weight excluding hydrogens is 474 g/mol. The molecule has 3 aromatic rings. The lowest BCUT2D eigenvalue weighted by Gasteiger charge is -2.26. The van der Waals surface area contributed by atoms with Crippen LogP contribution in [0.15, 0.2) is 72.3 Å². The first-order valence-electron chi connectivity index (χ1n) is 11.7. The molecule has 1 fully saturated rings. The summed E-state index contributed by atoms with van der Waals surface area (Å²) in [5.41, 5.74) is 1.99. The Labute approximate surface area is 215 Å². The van der Waals surface area contributed by atoms with Gasteiger partial charge in [-0.2, -0.15) is 0 Å². The lowest BCUT2D eigenvalue weighted by atomic mass is 9.95. The number of nitrogens with zero attached hydrogens (tertiary/aromatic N) is 1. The van der Waals surface area contributed by atoms with Gasteiger partial charge in [0.1, 0.15) is 17.3 Å². The Morgan fingerprint density at radius 1 is 0.811 bits per heavy atom. The fourth-order valence-corrected chi connectivity index (χ4v) is 4.46. The molecule has 1 N–H and O–H groups in total. The van der Waals surface area contributed by atoms with Gasteiger partial charge in [-0.1, -0.05) is 18.2 Å². The smallest absolute Gasteiger partial charge is 0.295 e. The maximum absolute atomic E-state index is 13.3. The third-order valence-corrected chi connectivity index (χ3v) is 6.40. The van der Waals surface area contributed by atoms with Crippen LogP contribution in [0.4, 0.5) is 0 Å². The molecule has 1 amide bonds. The van der Waals surface area contributed by atoms with Crippen LogP contribution in [0.3, 0.4) is 0 Å². The highest BCUT2D eigenvalue weighted by atomic mass is 16.5. The third kappa shape index (κ3) is 5.09. The van der Waals surface area contributed by atoms with Crippen LogP contribution >= 0.6 is 0 Å². The van der Waals surface area contributed by atoms with Crippen molar-refractivity contribution in [3.05, 3.63) is 89.0 Å². The van der Waals surface area contributed by atoms with Crippen LogP contribution in [0.1, 0.15) is 22.7 Å². The first-order chi connectivity index (χ1) is 17.9. The number of rotatable bonds is 9. The molecule has 1 atom stereocenters. The topological polar surface area (TPSA) is 94.5 Å². The maximum atomic E-state index is 13.3. The van der Waals surface area contributed by atoms with Crippen LogP contribution < -0.4 is 18.9 Å². The SMILES string of the molecule is COc1ccc(C(O)=C2C(=O)C(=O)N(CCc3ccc(OC)c(OC)c3)C2c2cccc(OC)c2)cc1. The highest BCUT2D eigenvalue weighted by Gasteiger charge is 2.46. The van der Waals surface area contributed by atoms with E-state index in [1.165, 1.54) is 4.90 Å². The summed E-state index contributed by atoms with van der Waals surface area (Å²) in [5, 5.41) is 11.2. The van der Waals surface area contributed by atoms with Gasteiger partial charge < -0.3 is 29.0 Å². The van der Waals surface area contributed by atoms with Gasteiger partial charge in [0.25, 0.3) is 11.7 Å². The maximum Gasteiger partial charge on any atom is 0.295 e. The summed E-state index contributed by atoms with van der Waals surface area (Å²) in [6.45, 7) is 0.237. The van der Waals surface area contributed by atoms with E-state index in [4.69, 9.17) is 18.9 Å². The standard InChI is InChI=1S/C29H29NO7/c1-34-21-11-9-19(10-12-21)27(31)25-26(20-6-5-7-22(17-20)35-2)30(29(33)28(25)32)15-14-18-8-13-23(36-3)24(16-18)37-4/h5-13,16-17,26,31H,14-15H2,1-4H3. The number of methoxy groups -OCH3 is 4. The molecule has 1 aliphatic heterocycles. The van der Waals surface area contributed by atoms with Crippen LogP contribution in [0, 0.1) is 0 Å². The van der Waals surface area contributed by atoms with E-state index < -0.39 is 17.7 Å². The Morgan fingerprint density at radius 2 is 1.51 bits per heavy atom. The predicted molar refractivity (Wildman–Crippen MR) is 138 cm³/mol. The Bertz CT molecular complexity index is 1330. The highest BCUT2D eigenvalue weighted by molar-refractivity contribution is 6.46. The van der Waals surface area contributed by atoms with Crippen molar-refractivity contribution in [2.75, 3.05) is 35.0 Å². The number of hydrogen-bond acceptors (Lipinski definition) is 7. The molecule has 1 unspecified atom stereocenters. The number of aliphatic hydroxyl groups excluding tert-OH is 1. The number of ether oxygens (including phenoxy) is 4. The summed E-state index contributed by atoms with van der Waals surface area (Å²) in [5.74, 6) is 0.691. The minimum absolute atomic E-state index is 0.0238. The van der Waals surface area contributed by atoms with Crippen molar-refractivity contribution in [3.63, 3.8) is 0 Å². The van der Waals surface area contributed by atoms with Crippen molar-refractivity contribution in [2.45, 2.75) is 12.5 Å². The molecule has 3 aromatic carbocycles. The quantitative estimate of drug-likeness (QED) is 0.263. The largest absolute Gasteiger partial charge is 0.507 e. The lowest BCUT2D eigenvalue weighted by molar-refractivity contribution is -0.139. The second-order valence-electron chi connectivity index (χ2n) is 8.44. The molecule has 0 spiro atoms. The summed E-state index contributed by atoms with van der Waals surface area (Å²) in [6, 6.07) is 18.5. The zero-order valence-corrected chi connectivity index (χ0v) is 21.2. The molecule has 0 saturated carbocycles. The summed E-state index contributed by atoms with van der Waals surface area (Å²) in [4.78, 5) is 28.0. The number of amides is 1. The van der Waals surface area contributed by atoms with E-state index in [0.29, 0.717) is 40.5 Å². The molecule has 8 nitrogen and oxygen atoms in total. The average Bonchev–Trinajstić information content (AvgIpc) is 3.20. The van der Waals surface area contributed by atoms with Crippen molar-refractivity contribution >= 4 is 17.4 Å². The van der Waals surface area contributed by atoms with E-state index in [1.807, 2.05) is 18.2 Å². The van der Waals surface area contributed by atoms with E-state index in [-0.39, 0.29) is 17.9 Å². The minimum Gasteiger partial charge on any atom is -0.507 e. The van der Waals surface area contributed by atoms with E-state index in [0.717, 1.165) is 5.56 Å². The van der Waals surface area contributed by atoms with E-state index in [9.17, 15) is 14.7 Å². The van der Waals surface area contributed by atoms with Gasteiger partial charge in [0.05, 0.1) is 40.1 Å². The fourth-order valence-electron chi connectivity index (χ4n) is 4.46. The number of aliphatic hydroxyl groups is 1. The first-order valence-corrected chi connectivity index (χ1v) is 11.7. The van der Waals surface area contributed by atoms with Crippen molar-refractivity contribution < 1.29 is 33.6 Å². The van der Waals surface area contributed by atoms with Gasteiger partial charge in [0, 0.05) is 12.1 Å². The van der Waals surface area contributed by atoms with E-state index in [1.54, 1.807) is 77.0 Å². The summed E-state index contributed by atoms with van der Waals surface area (Å²) >= 11 is 0. The monoisotopic (exact) mass is 503 g/mol. The molecule has 1 aliphatic rings. The molecule has 192 valence electrons.